The van der Waals surface area contributed by atoms with Crippen LogP contribution in [0.3, 0.4) is 0 Å². The molecule has 3 N–H and O–H groups in total. The first-order chi connectivity index (χ1) is 10.2. The van der Waals surface area contributed by atoms with Gasteiger partial charge in [0.05, 0.1) is 0 Å². The number of thiocarbonyl (C=S) groups is 1. The molecule has 0 aromatic heterocycles. The van der Waals surface area contributed by atoms with Gasteiger partial charge in [-0.15, -0.1) is 0 Å². The molecule has 110 valence electrons. The summed E-state index contributed by atoms with van der Waals surface area (Å²) in [6.45, 7) is 3.34. The molecule has 0 saturated heterocycles. The third-order valence-corrected chi connectivity index (χ3v) is 4.80. The number of nitrogens with one attached hydrogen (secondary N) is 1. The molecule has 0 aliphatic heterocycles. The lowest BCUT2D eigenvalue weighted by molar-refractivity contribution is 0.486. The molecule has 2 aromatic rings. The molecule has 2 aromatic carbocycles. The van der Waals surface area contributed by atoms with E-state index in [4.69, 9.17) is 18.0 Å². The van der Waals surface area contributed by atoms with Crippen LogP contribution in [-0.4, -0.2) is 11.5 Å². The monoisotopic (exact) mass is 298 g/mol. The normalized spacial score (nSPS) is 15.9. The van der Waals surface area contributed by atoms with E-state index in [1.165, 1.54) is 36.8 Å². The molecule has 3 heteroatoms. The molecule has 0 unspecified atom stereocenters. The maximum atomic E-state index is 5.83. The molecule has 1 fully saturated rings. The quantitative estimate of drug-likeness (QED) is 0.773. The highest BCUT2D eigenvalue weighted by atomic mass is 32.1. The van der Waals surface area contributed by atoms with Crippen molar-refractivity contribution in [2.45, 2.75) is 32.6 Å². The van der Waals surface area contributed by atoms with Gasteiger partial charge in [-0.2, -0.15) is 0 Å². The number of nitrogens with two attached hydrogens (primary N) is 1. The molecular weight excluding hydrogens is 276 g/mol. The lowest BCUT2D eigenvalue weighted by Gasteiger charge is -2.18. The molecule has 21 heavy (non-hydrogen) atoms. The first kappa shape index (κ1) is 14.3. The van der Waals surface area contributed by atoms with Crippen molar-refractivity contribution in [1.82, 2.24) is 0 Å². The summed E-state index contributed by atoms with van der Waals surface area (Å²) in [6, 6.07) is 12.5. The maximum Gasteiger partial charge on any atom is 0.104 e. The highest BCUT2D eigenvalue weighted by Gasteiger charge is 2.41. The van der Waals surface area contributed by atoms with Crippen molar-refractivity contribution < 1.29 is 0 Å². The van der Waals surface area contributed by atoms with Gasteiger partial charge in [-0.3, -0.25) is 0 Å². The van der Waals surface area contributed by atoms with Gasteiger partial charge in [0.15, 0.2) is 0 Å². The van der Waals surface area contributed by atoms with Crippen molar-refractivity contribution in [2.24, 2.45) is 11.1 Å². The predicted octanol–water partition coefficient (Wildman–Crippen LogP) is 4.47. The van der Waals surface area contributed by atoms with Crippen LogP contribution in [0.5, 0.6) is 0 Å². The molecule has 0 radical (unpaired) electrons. The minimum absolute atomic E-state index is 0.461. The summed E-state index contributed by atoms with van der Waals surface area (Å²) in [5, 5.41) is 6.00. The third-order valence-electron chi connectivity index (χ3n) is 4.58. The average Bonchev–Trinajstić information content (AvgIpc) is 3.25. The Morgan fingerprint density at radius 2 is 1.90 bits per heavy atom. The molecule has 1 saturated carbocycles. The molecule has 0 bridgehead atoms. The lowest BCUT2D eigenvalue weighted by atomic mass is 9.99. The minimum Gasteiger partial charge on any atom is -0.389 e. The van der Waals surface area contributed by atoms with E-state index in [9.17, 15) is 0 Å². The van der Waals surface area contributed by atoms with Crippen LogP contribution < -0.4 is 11.1 Å². The van der Waals surface area contributed by atoms with Gasteiger partial charge in [-0.1, -0.05) is 49.8 Å². The van der Waals surface area contributed by atoms with Gasteiger partial charge < -0.3 is 11.1 Å². The van der Waals surface area contributed by atoms with Gasteiger partial charge in [0.1, 0.15) is 4.99 Å². The highest BCUT2D eigenvalue weighted by molar-refractivity contribution is 7.80. The molecule has 0 heterocycles. The Hall–Kier alpha value is -1.61. The van der Waals surface area contributed by atoms with Gasteiger partial charge in [-0.05, 0) is 42.2 Å². The SMILES string of the molecule is CCCC1(CNc2ccc(C(N)=S)c3ccccc23)CC1. The Bertz CT molecular complexity index is 674. The Morgan fingerprint density at radius 3 is 2.52 bits per heavy atom. The Kier molecular flexibility index (Phi) is 3.85. The maximum absolute atomic E-state index is 5.83. The second-order valence-corrected chi connectivity index (χ2v) is 6.61. The molecule has 2 nitrogen and oxygen atoms in total. The topological polar surface area (TPSA) is 38.0 Å². The van der Waals surface area contributed by atoms with Crippen LogP contribution in [0.25, 0.3) is 10.8 Å². The van der Waals surface area contributed by atoms with Crippen LogP contribution in [0.1, 0.15) is 38.2 Å². The van der Waals surface area contributed by atoms with E-state index in [1.807, 2.05) is 12.1 Å². The summed E-state index contributed by atoms with van der Waals surface area (Å²) in [4.78, 5) is 0.461. The number of hydrogen-bond donors (Lipinski definition) is 2. The molecule has 0 spiro atoms. The van der Waals surface area contributed by atoms with E-state index in [0.29, 0.717) is 10.4 Å². The molecule has 0 amide bonds. The van der Waals surface area contributed by atoms with Gasteiger partial charge in [-0.25, -0.2) is 0 Å². The largest absolute Gasteiger partial charge is 0.389 e. The smallest absolute Gasteiger partial charge is 0.104 e. The van der Waals surface area contributed by atoms with Crippen molar-refractivity contribution >= 4 is 33.7 Å². The summed E-state index contributed by atoms with van der Waals surface area (Å²) in [7, 11) is 0. The second-order valence-electron chi connectivity index (χ2n) is 6.17. The molecule has 0 atom stereocenters. The summed E-state index contributed by atoms with van der Waals surface area (Å²) < 4.78 is 0. The Morgan fingerprint density at radius 1 is 1.19 bits per heavy atom. The fourth-order valence-electron chi connectivity index (χ4n) is 3.17. The fourth-order valence-corrected chi connectivity index (χ4v) is 3.35. The van der Waals surface area contributed by atoms with Crippen LogP contribution in [0.15, 0.2) is 36.4 Å². The zero-order valence-electron chi connectivity index (χ0n) is 12.5. The molecular formula is C18H22N2S. The van der Waals surface area contributed by atoms with Crippen LogP contribution in [0.4, 0.5) is 5.69 Å². The standard InChI is InChI=1S/C18H22N2S/c1-2-9-18(10-11-18)12-20-16-8-7-15(17(19)21)13-5-3-4-6-14(13)16/h3-8,20H,2,9-12H2,1H3,(H2,19,21). The number of benzene rings is 2. The zero-order chi connectivity index (χ0) is 14.9. The zero-order valence-corrected chi connectivity index (χ0v) is 13.3. The first-order valence-electron chi connectivity index (χ1n) is 7.71. The predicted molar refractivity (Wildman–Crippen MR) is 94.9 cm³/mol. The summed E-state index contributed by atoms with van der Waals surface area (Å²) in [6.07, 6.45) is 5.30. The van der Waals surface area contributed by atoms with Crippen molar-refractivity contribution in [2.75, 3.05) is 11.9 Å². The van der Waals surface area contributed by atoms with E-state index in [2.05, 4.69) is 36.5 Å². The first-order valence-corrected chi connectivity index (χ1v) is 8.11. The summed E-state index contributed by atoms with van der Waals surface area (Å²) >= 11 is 5.16. The molecule has 3 rings (SSSR count). The molecule has 1 aliphatic carbocycles. The van der Waals surface area contributed by atoms with Gasteiger partial charge in [0, 0.05) is 23.2 Å². The lowest BCUT2D eigenvalue weighted by Crippen LogP contribution is -2.16. The van der Waals surface area contributed by atoms with Gasteiger partial charge >= 0.3 is 0 Å². The fraction of sp³-hybridized carbons (Fsp3) is 0.389. The van der Waals surface area contributed by atoms with Crippen molar-refractivity contribution in [3.05, 3.63) is 42.0 Å². The van der Waals surface area contributed by atoms with Crippen molar-refractivity contribution in [3.8, 4) is 0 Å². The van der Waals surface area contributed by atoms with E-state index in [1.54, 1.807) is 0 Å². The third kappa shape index (κ3) is 2.88. The van der Waals surface area contributed by atoms with E-state index < -0.39 is 0 Å². The Balaban J connectivity index is 1.89. The van der Waals surface area contributed by atoms with Crippen LogP contribution in [0, 0.1) is 5.41 Å². The number of anilines is 1. The van der Waals surface area contributed by atoms with Crippen LogP contribution in [-0.2, 0) is 0 Å². The van der Waals surface area contributed by atoms with Crippen LogP contribution in [0.2, 0.25) is 0 Å². The highest BCUT2D eigenvalue weighted by Crippen LogP contribution is 2.49. The van der Waals surface area contributed by atoms with Crippen molar-refractivity contribution in [1.29, 1.82) is 0 Å². The van der Waals surface area contributed by atoms with E-state index >= 15 is 0 Å². The number of fused-ring (bicyclic) bond motifs is 1. The second kappa shape index (κ2) is 5.64. The van der Waals surface area contributed by atoms with E-state index in [-0.39, 0.29) is 0 Å². The van der Waals surface area contributed by atoms with Crippen molar-refractivity contribution in [3.63, 3.8) is 0 Å². The van der Waals surface area contributed by atoms with E-state index in [0.717, 1.165) is 17.5 Å². The average molecular weight is 298 g/mol. The summed E-state index contributed by atoms with van der Waals surface area (Å²) in [5.74, 6) is 0. The Labute approximate surface area is 131 Å². The number of rotatable bonds is 6. The van der Waals surface area contributed by atoms with Gasteiger partial charge in [0.25, 0.3) is 0 Å². The van der Waals surface area contributed by atoms with Crippen LogP contribution >= 0.6 is 12.2 Å². The molecule has 1 aliphatic rings. The van der Waals surface area contributed by atoms with Gasteiger partial charge in [0.2, 0.25) is 0 Å². The number of hydrogen-bond acceptors (Lipinski definition) is 2. The minimum atomic E-state index is 0.461. The summed E-state index contributed by atoms with van der Waals surface area (Å²) in [5.41, 5.74) is 8.52.